The second kappa shape index (κ2) is 6.50. The topological polar surface area (TPSA) is 62.2 Å². The molecule has 0 saturated carbocycles. The summed E-state index contributed by atoms with van der Waals surface area (Å²) in [6.07, 6.45) is 1.44. The second-order valence-electron chi connectivity index (χ2n) is 6.99. The van der Waals surface area contributed by atoms with Gasteiger partial charge in [0.1, 0.15) is 5.60 Å². The van der Waals surface area contributed by atoms with E-state index in [-0.39, 0.29) is 12.1 Å². The Balaban J connectivity index is 1.88. The molecule has 1 amide bonds. The maximum absolute atomic E-state index is 12.1. The number of amides is 1. The molecule has 2 fully saturated rings. The average molecular weight is 300 g/mol. The van der Waals surface area contributed by atoms with Crippen LogP contribution in [0.3, 0.4) is 0 Å². The zero-order valence-electron chi connectivity index (χ0n) is 13.5. The molecular formula is C15H28N2O4. The summed E-state index contributed by atoms with van der Waals surface area (Å²) in [4.78, 5) is 16.0. The molecule has 6 nitrogen and oxygen atoms in total. The number of aliphatic hydroxyl groups excluding tert-OH is 1. The molecule has 0 aromatic carbocycles. The van der Waals surface area contributed by atoms with E-state index in [0.717, 1.165) is 25.9 Å². The molecule has 0 aromatic rings. The van der Waals surface area contributed by atoms with Gasteiger partial charge in [-0.05, 0) is 33.6 Å². The lowest BCUT2D eigenvalue weighted by atomic mass is 10.0. The Morgan fingerprint density at radius 3 is 2.33 bits per heavy atom. The van der Waals surface area contributed by atoms with Crippen molar-refractivity contribution in [2.75, 3.05) is 33.3 Å². The number of piperidine rings is 1. The van der Waals surface area contributed by atoms with E-state index in [4.69, 9.17) is 9.47 Å². The Kier molecular flexibility index (Phi) is 5.11. The van der Waals surface area contributed by atoms with Gasteiger partial charge in [-0.3, -0.25) is 4.90 Å². The van der Waals surface area contributed by atoms with Crippen LogP contribution in [0.25, 0.3) is 0 Å². The number of carbonyl (C=O) groups excluding carboxylic acids is 1. The summed E-state index contributed by atoms with van der Waals surface area (Å²) in [5.41, 5.74) is -0.503. The fourth-order valence-electron chi connectivity index (χ4n) is 3.05. The zero-order valence-corrected chi connectivity index (χ0v) is 13.5. The first-order valence-electron chi connectivity index (χ1n) is 7.73. The molecule has 0 aliphatic carbocycles. The molecule has 0 radical (unpaired) electrons. The quantitative estimate of drug-likeness (QED) is 0.827. The van der Waals surface area contributed by atoms with Crippen LogP contribution in [-0.2, 0) is 9.47 Å². The Hall–Kier alpha value is -0.850. The van der Waals surface area contributed by atoms with Crippen molar-refractivity contribution in [2.24, 2.45) is 0 Å². The fraction of sp³-hybridized carbons (Fsp3) is 0.933. The molecule has 122 valence electrons. The third kappa shape index (κ3) is 4.31. The lowest BCUT2D eigenvalue weighted by molar-refractivity contribution is 0.00741. The van der Waals surface area contributed by atoms with Gasteiger partial charge >= 0.3 is 6.09 Å². The van der Waals surface area contributed by atoms with E-state index in [1.54, 1.807) is 12.0 Å². The predicted octanol–water partition coefficient (Wildman–Crippen LogP) is 1.08. The zero-order chi connectivity index (χ0) is 15.6. The summed E-state index contributed by atoms with van der Waals surface area (Å²) in [5, 5.41) is 10.3. The minimum atomic E-state index is -0.503. The number of ether oxygens (including phenoxy) is 2. The predicted molar refractivity (Wildman–Crippen MR) is 79.2 cm³/mol. The number of likely N-dealkylation sites (tertiary alicyclic amines) is 2. The lowest BCUT2D eigenvalue weighted by Crippen LogP contribution is -2.48. The van der Waals surface area contributed by atoms with Gasteiger partial charge in [-0.2, -0.15) is 0 Å². The second-order valence-corrected chi connectivity index (χ2v) is 6.99. The first-order valence-corrected chi connectivity index (χ1v) is 7.73. The van der Waals surface area contributed by atoms with Crippen LogP contribution in [0, 0.1) is 0 Å². The van der Waals surface area contributed by atoms with Gasteiger partial charge in [0.05, 0.1) is 24.8 Å². The number of carbonyl (C=O) groups is 1. The van der Waals surface area contributed by atoms with E-state index in [2.05, 4.69) is 4.90 Å². The first-order chi connectivity index (χ1) is 9.80. The summed E-state index contributed by atoms with van der Waals surface area (Å²) in [6.45, 7) is 8.25. The highest BCUT2D eigenvalue weighted by molar-refractivity contribution is 5.68. The van der Waals surface area contributed by atoms with Gasteiger partial charge in [0, 0.05) is 26.7 Å². The minimum Gasteiger partial charge on any atom is -0.444 e. The Bertz CT molecular complexity index is 361. The van der Waals surface area contributed by atoms with Crippen LogP contribution >= 0.6 is 0 Å². The van der Waals surface area contributed by atoms with Crippen molar-refractivity contribution in [1.29, 1.82) is 0 Å². The third-order valence-corrected chi connectivity index (χ3v) is 4.19. The van der Waals surface area contributed by atoms with Crippen LogP contribution in [0.1, 0.15) is 33.6 Å². The van der Waals surface area contributed by atoms with Crippen molar-refractivity contribution in [1.82, 2.24) is 9.80 Å². The van der Waals surface area contributed by atoms with Gasteiger partial charge in [0.15, 0.2) is 0 Å². The molecule has 0 unspecified atom stereocenters. The van der Waals surface area contributed by atoms with Crippen LogP contribution in [0.4, 0.5) is 4.79 Å². The lowest BCUT2D eigenvalue weighted by Gasteiger charge is -2.36. The van der Waals surface area contributed by atoms with E-state index in [0.29, 0.717) is 19.2 Å². The molecule has 21 heavy (non-hydrogen) atoms. The van der Waals surface area contributed by atoms with Gasteiger partial charge < -0.3 is 19.5 Å². The van der Waals surface area contributed by atoms with E-state index >= 15 is 0 Å². The Morgan fingerprint density at radius 2 is 1.81 bits per heavy atom. The van der Waals surface area contributed by atoms with Crippen molar-refractivity contribution < 1.29 is 19.4 Å². The molecule has 2 heterocycles. The summed E-state index contributed by atoms with van der Waals surface area (Å²) >= 11 is 0. The summed E-state index contributed by atoms with van der Waals surface area (Å²) < 4.78 is 10.7. The normalized spacial score (nSPS) is 28.9. The molecule has 1 N–H and O–H groups in total. The Morgan fingerprint density at radius 1 is 1.19 bits per heavy atom. The largest absolute Gasteiger partial charge is 0.444 e. The first kappa shape index (κ1) is 16.5. The van der Waals surface area contributed by atoms with Gasteiger partial charge in [0.2, 0.25) is 0 Å². The van der Waals surface area contributed by atoms with Gasteiger partial charge in [-0.15, -0.1) is 0 Å². The molecule has 2 aliphatic rings. The maximum Gasteiger partial charge on any atom is 0.410 e. The highest BCUT2D eigenvalue weighted by atomic mass is 16.6. The monoisotopic (exact) mass is 300 g/mol. The van der Waals surface area contributed by atoms with E-state index in [9.17, 15) is 9.90 Å². The highest BCUT2D eigenvalue weighted by Crippen LogP contribution is 2.23. The van der Waals surface area contributed by atoms with E-state index in [1.807, 2.05) is 20.8 Å². The number of hydrogen-bond donors (Lipinski definition) is 1. The maximum atomic E-state index is 12.1. The molecule has 6 heteroatoms. The van der Waals surface area contributed by atoms with E-state index < -0.39 is 11.7 Å². The standard InChI is InChI=1S/C15H28N2O4/c1-15(2,3)21-14(19)17-9-12(13(18)10-17)16-7-5-11(20-4)6-8-16/h11-13,18H,5-10H2,1-4H3/t12-,13-/m1/s1. The number of aliphatic hydroxyl groups is 1. The molecule has 0 aromatic heterocycles. The van der Waals surface area contributed by atoms with Crippen molar-refractivity contribution in [3.63, 3.8) is 0 Å². The van der Waals surface area contributed by atoms with Crippen molar-refractivity contribution in [2.45, 2.75) is 57.5 Å². The van der Waals surface area contributed by atoms with Crippen LogP contribution in [0.5, 0.6) is 0 Å². The smallest absolute Gasteiger partial charge is 0.410 e. The fourth-order valence-corrected chi connectivity index (χ4v) is 3.05. The van der Waals surface area contributed by atoms with E-state index in [1.165, 1.54) is 0 Å². The van der Waals surface area contributed by atoms with Crippen LogP contribution in [-0.4, -0.2) is 78.1 Å². The van der Waals surface area contributed by atoms with Gasteiger partial charge in [-0.1, -0.05) is 0 Å². The molecule has 2 rings (SSSR count). The third-order valence-electron chi connectivity index (χ3n) is 4.19. The molecule has 2 saturated heterocycles. The average Bonchev–Trinajstić information content (AvgIpc) is 2.79. The number of hydrogen-bond acceptors (Lipinski definition) is 5. The van der Waals surface area contributed by atoms with Crippen molar-refractivity contribution in [3.8, 4) is 0 Å². The number of nitrogens with zero attached hydrogens (tertiary/aromatic N) is 2. The van der Waals surface area contributed by atoms with Crippen molar-refractivity contribution in [3.05, 3.63) is 0 Å². The van der Waals surface area contributed by atoms with Crippen LogP contribution < -0.4 is 0 Å². The SMILES string of the molecule is COC1CCN([C@@H]2CN(C(=O)OC(C)(C)C)C[C@H]2O)CC1. The summed E-state index contributed by atoms with van der Waals surface area (Å²) in [6, 6.07) is 0.00956. The van der Waals surface area contributed by atoms with Crippen LogP contribution in [0.2, 0.25) is 0 Å². The van der Waals surface area contributed by atoms with Gasteiger partial charge in [-0.25, -0.2) is 4.79 Å². The molecule has 2 aliphatic heterocycles. The molecule has 0 bridgehead atoms. The number of rotatable bonds is 2. The molecular weight excluding hydrogens is 272 g/mol. The summed E-state index contributed by atoms with van der Waals surface area (Å²) in [7, 11) is 1.75. The molecule has 0 spiro atoms. The van der Waals surface area contributed by atoms with Gasteiger partial charge in [0.25, 0.3) is 0 Å². The van der Waals surface area contributed by atoms with Crippen LogP contribution in [0.15, 0.2) is 0 Å². The minimum absolute atomic E-state index is 0.00956. The highest BCUT2D eigenvalue weighted by Gasteiger charge is 2.40. The van der Waals surface area contributed by atoms with Crippen molar-refractivity contribution >= 4 is 6.09 Å². The Labute approximate surface area is 127 Å². The number of methoxy groups -OCH3 is 1. The number of β-amino-alcohol motifs (C(OH)–C–C–N with tert-alkyl or cyclic N) is 1. The molecule has 2 atom stereocenters. The summed E-state index contributed by atoms with van der Waals surface area (Å²) in [5.74, 6) is 0.